The Hall–Kier alpha value is -2.76. The number of benzene rings is 1. The third-order valence-electron chi connectivity index (χ3n) is 4.87. The van der Waals surface area contributed by atoms with E-state index in [9.17, 15) is 9.59 Å². The van der Waals surface area contributed by atoms with Crippen LogP contribution < -0.4 is 10.6 Å². The standard InChI is InChI=1S/C21H27N3O3/c1-16-9-11-19(27-16)14-22-20(25)12-10-17-6-5-13-24(15-17)21(26)23-18-7-3-2-4-8-18/h2-4,7-9,11,17H,5-6,10,12-15H2,1H3,(H,22,25)(H,23,26)/t17-/m1/s1. The Balaban J connectivity index is 1.40. The summed E-state index contributed by atoms with van der Waals surface area (Å²) in [7, 11) is 0. The van der Waals surface area contributed by atoms with E-state index in [0.717, 1.165) is 43.0 Å². The van der Waals surface area contributed by atoms with Gasteiger partial charge in [0.25, 0.3) is 0 Å². The summed E-state index contributed by atoms with van der Waals surface area (Å²) in [5.41, 5.74) is 0.803. The van der Waals surface area contributed by atoms with Crippen molar-refractivity contribution in [2.24, 2.45) is 5.92 Å². The van der Waals surface area contributed by atoms with Gasteiger partial charge in [-0.2, -0.15) is 0 Å². The van der Waals surface area contributed by atoms with Crippen molar-refractivity contribution >= 4 is 17.6 Å². The summed E-state index contributed by atoms with van der Waals surface area (Å²) in [6, 6.07) is 13.2. The van der Waals surface area contributed by atoms with E-state index in [2.05, 4.69) is 10.6 Å². The van der Waals surface area contributed by atoms with E-state index < -0.39 is 0 Å². The van der Waals surface area contributed by atoms with Crippen LogP contribution in [0.1, 0.15) is 37.2 Å². The van der Waals surface area contributed by atoms with E-state index >= 15 is 0 Å². The lowest BCUT2D eigenvalue weighted by molar-refractivity contribution is -0.121. The Labute approximate surface area is 159 Å². The van der Waals surface area contributed by atoms with Crippen LogP contribution in [0.25, 0.3) is 0 Å². The zero-order chi connectivity index (χ0) is 19.1. The van der Waals surface area contributed by atoms with Gasteiger partial charge < -0.3 is 20.0 Å². The van der Waals surface area contributed by atoms with Crippen LogP contribution in [0.2, 0.25) is 0 Å². The maximum absolute atomic E-state index is 12.4. The summed E-state index contributed by atoms with van der Waals surface area (Å²) in [5.74, 6) is 1.99. The summed E-state index contributed by atoms with van der Waals surface area (Å²) < 4.78 is 5.45. The number of nitrogens with one attached hydrogen (secondary N) is 2. The Bertz CT molecular complexity index is 757. The van der Waals surface area contributed by atoms with Crippen LogP contribution >= 0.6 is 0 Å². The minimum absolute atomic E-state index is 0.0231. The monoisotopic (exact) mass is 369 g/mol. The molecule has 1 saturated heterocycles. The molecule has 1 aliphatic rings. The molecule has 2 aromatic rings. The summed E-state index contributed by atoms with van der Waals surface area (Å²) in [4.78, 5) is 26.4. The first kappa shape index (κ1) is 19.0. The lowest BCUT2D eigenvalue weighted by Crippen LogP contribution is -2.42. The van der Waals surface area contributed by atoms with Crippen LogP contribution in [-0.2, 0) is 11.3 Å². The van der Waals surface area contributed by atoms with E-state index in [0.29, 0.717) is 25.4 Å². The Morgan fingerprint density at radius 3 is 2.74 bits per heavy atom. The molecule has 1 aliphatic heterocycles. The van der Waals surface area contributed by atoms with Gasteiger partial charge in [-0.3, -0.25) is 4.79 Å². The number of carbonyl (C=O) groups is 2. The molecule has 0 spiro atoms. The molecule has 1 fully saturated rings. The molecule has 2 heterocycles. The minimum atomic E-state index is -0.0662. The third kappa shape index (κ3) is 5.88. The molecular weight excluding hydrogens is 342 g/mol. The maximum atomic E-state index is 12.4. The van der Waals surface area contributed by atoms with Crippen LogP contribution in [0, 0.1) is 12.8 Å². The van der Waals surface area contributed by atoms with Crippen LogP contribution in [0.15, 0.2) is 46.9 Å². The van der Waals surface area contributed by atoms with Gasteiger partial charge in [-0.25, -0.2) is 4.79 Å². The highest BCUT2D eigenvalue weighted by Gasteiger charge is 2.24. The number of carbonyl (C=O) groups excluding carboxylic acids is 2. The van der Waals surface area contributed by atoms with E-state index in [4.69, 9.17) is 4.42 Å². The summed E-state index contributed by atoms with van der Waals surface area (Å²) >= 11 is 0. The summed E-state index contributed by atoms with van der Waals surface area (Å²) in [5, 5.41) is 5.83. The van der Waals surface area contributed by atoms with Crippen molar-refractivity contribution in [1.29, 1.82) is 0 Å². The predicted octanol–water partition coefficient (Wildman–Crippen LogP) is 3.93. The Morgan fingerprint density at radius 2 is 2.00 bits per heavy atom. The number of amides is 3. The first-order chi connectivity index (χ1) is 13.1. The van der Waals surface area contributed by atoms with Gasteiger partial charge in [-0.15, -0.1) is 0 Å². The number of aryl methyl sites for hydroxylation is 1. The molecule has 6 heteroatoms. The quantitative estimate of drug-likeness (QED) is 0.810. The average molecular weight is 369 g/mol. The molecule has 0 unspecified atom stereocenters. The molecule has 1 aromatic carbocycles. The molecular formula is C21H27N3O3. The Kier molecular flexibility index (Phi) is 6.52. The first-order valence-electron chi connectivity index (χ1n) is 9.53. The van der Waals surface area contributed by atoms with Gasteiger partial charge in [0.05, 0.1) is 6.54 Å². The number of piperidine rings is 1. The van der Waals surface area contributed by atoms with Crippen molar-refractivity contribution in [2.75, 3.05) is 18.4 Å². The molecule has 0 bridgehead atoms. The fourth-order valence-corrected chi connectivity index (χ4v) is 3.40. The number of urea groups is 1. The zero-order valence-corrected chi connectivity index (χ0v) is 15.7. The van der Waals surface area contributed by atoms with Gasteiger partial charge in [0.2, 0.25) is 5.91 Å². The van der Waals surface area contributed by atoms with Crippen LogP contribution in [0.3, 0.4) is 0 Å². The predicted molar refractivity (Wildman–Crippen MR) is 104 cm³/mol. The molecule has 0 saturated carbocycles. The van der Waals surface area contributed by atoms with E-state index in [1.165, 1.54) is 0 Å². The van der Waals surface area contributed by atoms with Gasteiger partial charge >= 0.3 is 6.03 Å². The number of hydrogen-bond acceptors (Lipinski definition) is 3. The van der Waals surface area contributed by atoms with Crippen LogP contribution in [0.4, 0.5) is 10.5 Å². The molecule has 3 amide bonds. The van der Waals surface area contributed by atoms with E-state index in [1.54, 1.807) is 0 Å². The molecule has 27 heavy (non-hydrogen) atoms. The van der Waals surface area contributed by atoms with Crippen molar-refractivity contribution in [3.05, 3.63) is 54.0 Å². The number of nitrogens with zero attached hydrogens (tertiary/aromatic N) is 1. The van der Waals surface area contributed by atoms with Gasteiger partial charge in [0.15, 0.2) is 0 Å². The molecule has 144 valence electrons. The van der Waals surface area contributed by atoms with E-state index in [-0.39, 0.29) is 11.9 Å². The average Bonchev–Trinajstić information content (AvgIpc) is 3.11. The highest BCUT2D eigenvalue weighted by Crippen LogP contribution is 2.22. The highest BCUT2D eigenvalue weighted by atomic mass is 16.3. The van der Waals surface area contributed by atoms with Gasteiger partial charge in [-0.1, -0.05) is 18.2 Å². The minimum Gasteiger partial charge on any atom is -0.465 e. The number of anilines is 1. The number of rotatable bonds is 6. The second kappa shape index (κ2) is 9.26. The summed E-state index contributed by atoms with van der Waals surface area (Å²) in [6.45, 7) is 3.76. The lowest BCUT2D eigenvalue weighted by atomic mass is 9.93. The first-order valence-corrected chi connectivity index (χ1v) is 9.53. The maximum Gasteiger partial charge on any atom is 0.321 e. The van der Waals surface area contributed by atoms with Crippen molar-refractivity contribution in [3.8, 4) is 0 Å². The fraction of sp³-hybridized carbons (Fsp3) is 0.429. The number of likely N-dealkylation sites (tertiary alicyclic amines) is 1. The third-order valence-corrected chi connectivity index (χ3v) is 4.87. The van der Waals surface area contributed by atoms with Crippen molar-refractivity contribution in [2.45, 2.75) is 39.2 Å². The highest BCUT2D eigenvalue weighted by molar-refractivity contribution is 5.89. The van der Waals surface area contributed by atoms with Crippen molar-refractivity contribution in [3.63, 3.8) is 0 Å². The molecule has 1 atom stereocenters. The molecule has 3 rings (SSSR count). The summed E-state index contributed by atoms with van der Waals surface area (Å²) in [6.07, 6.45) is 3.29. The molecule has 0 aliphatic carbocycles. The van der Waals surface area contributed by atoms with Gasteiger partial charge in [0.1, 0.15) is 11.5 Å². The normalized spacial score (nSPS) is 16.8. The molecule has 0 radical (unpaired) electrons. The number of hydrogen-bond donors (Lipinski definition) is 2. The van der Waals surface area contributed by atoms with Crippen LogP contribution in [0.5, 0.6) is 0 Å². The Morgan fingerprint density at radius 1 is 1.19 bits per heavy atom. The topological polar surface area (TPSA) is 74.6 Å². The molecule has 6 nitrogen and oxygen atoms in total. The number of furan rings is 1. The zero-order valence-electron chi connectivity index (χ0n) is 15.7. The lowest BCUT2D eigenvalue weighted by Gasteiger charge is -2.32. The second-order valence-electron chi connectivity index (χ2n) is 7.08. The fourth-order valence-electron chi connectivity index (χ4n) is 3.40. The smallest absolute Gasteiger partial charge is 0.321 e. The van der Waals surface area contributed by atoms with Crippen LogP contribution in [-0.4, -0.2) is 29.9 Å². The van der Waals surface area contributed by atoms with Gasteiger partial charge in [0, 0.05) is 25.2 Å². The molecule has 1 aromatic heterocycles. The SMILES string of the molecule is Cc1ccc(CNC(=O)CC[C@H]2CCCN(C(=O)Nc3ccccc3)C2)o1. The van der Waals surface area contributed by atoms with Gasteiger partial charge in [-0.05, 0) is 56.4 Å². The second-order valence-corrected chi connectivity index (χ2v) is 7.08. The number of para-hydroxylation sites is 1. The van der Waals surface area contributed by atoms with Crippen molar-refractivity contribution in [1.82, 2.24) is 10.2 Å². The van der Waals surface area contributed by atoms with Crippen molar-refractivity contribution < 1.29 is 14.0 Å². The largest absolute Gasteiger partial charge is 0.465 e. The molecule has 2 N–H and O–H groups in total. The van der Waals surface area contributed by atoms with E-state index in [1.807, 2.05) is 54.3 Å².